The Labute approximate surface area is 187 Å². The molecule has 0 radical (unpaired) electrons. The topological polar surface area (TPSA) is 93.2 Å². The molecule has 0 bridgehead atoms. The van der Waals surface area contributed by atoms with E-state index in [1.54, 1.807) is 31.5 Å². The van der Waals surface area contributed by atoms with E-state index in [2.05, 4.69) is 20.0 Å². The molecule has 0 saturated carbocycles. The molecule has 7 nitrogen and oxygen atoms in total. The van der Waals surface area contributed by atoms with Gasteiger partial charge in [-0.25, -0.2) is 18.4 Å². The molecule has 166 valence electrons. The lowest BCUT2D eigenvalue weighted by Crippen LogP contribution is -2.16. The van der Waals surface area contributed by atoms with Gasteiger partial charge >= 0.3 is 0 Å². The summed E-state index contributed by atoms with van der Waals surface area (Å²) in [5, 5.41) is 5.30. The number of rotatable bonds is 9. The van der Waals surface area contributed by atoms with Crippen molar-refractivity contribution in [2.45, 2.75) is 26.2 Å². The average molecular weight is 451 g/mol. The van der Waals surface area contributed by atoms with Gasteiger partial charge in [0.25, 0.3) is 0 Å². The van der Waals surface area contributed by atoms with E-state index in [1.807, 2.05) is 43.3 Å². The minimum Gasteiger partial charge on any atom is -0.494 e. The van der Waals surface area contributed by atoms with Crippen molar-refractivity contribution in [2.24, 2.45) is 0 Å². The van der Waals surface area contributed by atoms with Gasteiger partial charge in [-0.1, -0.05) is 38.0 Å². The van der Waals surface area contributed by atoms with E-state index in [-0.39, 0.29) is 5.75 Å². The number of methoxy groups -OCH3 is 1. The van der Waals surface area contributed by atoms with Gasteiger partial charge < -0.3 is 10.1 Å². The number of fused-ring (bicyclic) bond motifs is 2. The van der Waals surface area contributed by atoms with Gasteiger partial charge in [0.15, 0.2) is 5.65 Å². The van der Waals surface area contributed by atoms with Gasteiger partial charge in [0.1, 0.15) is 5.75 Å². The summed E-state index contributed by atoms with van der Waals surface area (Å²) in [6.45, 7) is 2.04. The fraction of sp³-hybridized carbons (Fsp3) is 0.250. The predicted octanol–water partition coefficient (Wildman–Crippen LogP) is 5.47. The van der Waals surface area contributed by atoms with Crippen LogP contribution in [-0.2, 0) is 10.0 Å². The van der Waals surface area contributed by atoms with Crippen LogP contribution >= 0.6 is 0 Å². The van der Waals surface area contributed by atoms with Crippen molar-refractivity contribution in [1.29, 1.82) is 0 Å². The molecule has 8 heteroatoms. The molecule has 2 heterocycles. The number of anilines is 3. The Hall–Kier alpha value is -3.39. The monoisotopic (exact) mass is 450 g/mol. The van der Waals surface area contributed by atoms with Crippen LogP contribution in [0.4, 0.5) is 17.1 Å². The Balaban J connectivity index is 1.69. The highest BCUT2D eigenvalue weighted by atomic mass is 32.2. The molecule has 0 saturated heterocycles. The summed E-state index contributed by atoms with van der Waals surface area (Å²) in [6, 6.07) is 16.9. The van der Waals surface area contributed by atoms with Gasteiger partial charge in [-0.15, -0.1) is 0 Å². The minimum absolute atomic E-state index is 0.102. The SMILES string of the molecule is CCCCCS(=O)(=O)Nc1ccc(Nc2c3ccccc3nc3ncccc23)c(OC)c1. The largest absolute Gasteiger partial charge is 0.494 e. The van der Waals surface area contributed by atoms with Gasteiger partial charge in [-0.2, -0.15) is 0 Å². The van der Waals surface area contributed by atoms with Crippen LogP contribution in [0.25, 0.3) is 21.9 Å². The van der Waals surface area contributed by atoms with Gasteiger partial charge in [0, 0.05) is 23.0 Å². The number of nitrogens with zero attached hydrogens (tertiary/aromatic N) is 2. The maximum Gasteiger partial charge on any atom is 0.232 e. The molecule has 32 heavy (non-hydrogen) atoms. The van der Waals surface area contributed by atoms with Crippen LogP contribution in [0.3, 0.4) is 0 Å². The summed E-state index contributed by atoms with van der Waals surface area (Å²) >= 11 is 0. The van der Waals surface area contributed by atoms with Crippen LogP contribution in [0.2, 0.25) is 0 Å². The van der Waals surface area contributed by atoms with Crippen molar-refractivity contribution in [1.82, 2.24) is 9.97 Å². The highest BCUT2D eigenvalue weighted by Crippen LogP contribution is 2.36. The van der Waals surface area contributed by atoms with Crippen molar-refractivity contribution in [3.8, 4) is 5.75 Å². The number of pyridine rings is 2. The lowest BCUT2D eigenvalue weighted by atomic mass is 10.1. The molecule has 0 aliphatic rings. The smallest absolute Gasteiger partial charge is 0.232 e. The summed E-state index contributed by atoms with van der Waals surface area (Å²) in [5.41, 5.74) is 3.52. The molecule has 0 amide bonds. The molecule has 0 fully saturated rings. The molecule has 0 unspecified atom stereocenters. The average Bonchev–Trinajstić information content (AvgIpc) is 2.79. The van der Waals surface area contributed by atoms with Crippen LogP contribution in [-0.4, -0.2) is 31.2 Å². The maximum absolute atomic E-state index is 12.4. The van der Waals surface area contributed by atoms with E-state index < -0.39 is 10.0 Å². The number of para-hydroxylation sites is 1. The summed E-state index contributed by atoms with van der Waals surface area (Å²) < 4.78 is 32.9. The number of nitrogens with one attached hydrogen (secondary N) is 2. The summed E-state index contributed by atoms with van der Waals surface area (Å²) in [6.07, 6.45) is 4.21. The molecule has 2 aromatic carbocycles. The van der Waals surface area contributed by atoms with E-state index in [0.717, 1.165) is 34.8 Å². The first-order valence-corrected chi connectivity index (χ1v) is 12.2. The molecule has 0 aliphatic carbocycles. The lowest BCUT2D eigenvalue weighted by Gasteiger charge is -2.16. The van der Waals surface area contributed by atoms with Gasteiger partial charge in [0.2, 0.25) is 10.0 Å². The normalized spacial score (nSPS) is 11.6. The number of sulfonamides is 1. The fourth-order valence-corrected chi connectivity index (χ4v) is 4.80. The molecular formula is C24H26N4O3S. The second kappa shape index (κ2) is 9.40. The second-order valence-electron chi connectivity index (χ2n) is 7.55. The zero-order valence-electron chi connectivity index (χ0n) is 18.1. The van der Waals surface area contributed by atoms with E-state index in [4.69, 9.17) is 4.74 Å². The summed E-state index contributed by atoms with van der Waals surface area (Å²) in [5.74, 6) is 0.627. The molecule has 0 spiro atoms. The third kappa shape index (κ3) is 4.75. The highest BCUT2D eigenvalue weighted by Gasteiger charge is 2.15. The molecule has 4 aromatic rings. The molecule has 2 N–H and O–H groups in total. The number of ether oxygens (including phenoxy) is 1. The molecule has 0 atom stereocenters. The molecule has 4 rings (SSSR count). The Morgan fingerprint density at radius 2 is 1.81 bits per heavy atom. The van der Waals surface area contributed by atoms with Gasteiger partial charge in [0.05, 0.1) is 35.4 Å². The number of aromatic nitrogens is 2. The molecule has 0 aliphatic heterocycles. The van der Waals surface area contributed by atoms with Gasteiger partial charge in [-0.3, -0.25) is 4.72 Å². The Morgan fingerprint density at radius 1 is 1.00 bits per heavy atom. The van der Waals surface area contributed by atoms with Crippen molar-refractivity contribution in [2.75, 3.05) is 22.9 Å². The lowest BCUT2D eigenvalue weighted by molar-refractivity contribution is 0.417. The van der Waals surface area contributed by atoms with Crippen LogP contribution in [0.5, 0.6) is 5.75 Å². The summed E-state index contributed by atoms with van der Waals surface area (Å²) in [4.78, 5) is 9.05. The minimum atomic E-state index is -3.40. The first-order valence-electron chi connectivity index (χ1n) is 10.6. The van der Waals surface area contributed by atoms with Crippen LogP contribution in [0, 0.1) is 0 Å². The highest BCUT2D eigenvalue weighted by molar-refractivity contribution is 7.92. The second-order valence-corrected chi connectivity index (χ2v) is 9.39. The number of unbranched alkanes of at least 4 members (excludes halogenated alkanes) is 2. The van der Waals surface area contributed by atoms with Crippen LogP contribution < -0.4 is 14.8 Å². The van der Waals surface area contributed by atoms with Crippen molar-refractivity contribution in [3.63, 3.8) is 0 Å². The number of hydrogen-bond donors (Lipinski definition) is 2. The van der Waals surface area contributed by atoms with Crippen molar-refractivity contribution >= 4 is 49.0 Å². The number of benzene rings is 2. The van der Waals surface area contributed by atoms with E-state index in [1.165, 1.54) is 0 Å². The molecular weight excluding hydrogens is 424 g/mol. The van der Waals surface area contributed by atoms with Crippen molar-refractivity contribution in [3.05, 3.63) is 60.8 Å². The third-order valence-electron chi connectivity index (χ3n) is 5.21. The van der Waals surface area contributed by atoms with E-state index in [9.17, 15) is 8.42 Å². The van der Waals surface area contributed by atoms with Crippen LogP contribution in [0.15, 0.2) is 60.8 Å². The molecule has 2 aromatic heterocycles. The zero-order chi connectivity index (χ0) is 22.6. The standard InChI is InChI=1S/C24H26N4O3S/c1-3-4-7-15-32(29,30)28-17-12-13-21(22(16-17)31-2)26-23-18-9-5-6-11-20(18)27-24-19(23)10-8-14-25-24/h5-6,8-14,16,28H,3-4,7,15H2,1-2H3,(H,25,26,27). The predicted molar refractivity (Wildman–Crippen MR) is 130 cm³/mol. The van der Waals surface area contributed by atoms with Gasteiger partial charge in [-0.05, 0) is 36.8 Å². The van der Waals surface area contributed by atoms with Crippen LogP contribution in [0.1, 0.15) is 26.2 Å². The van der Waals surface area contributed by atoms with E-state index >= 15 is 0 Å². The first kappa shape index (κ1) is 21.8. The maximum atomic E-state index is 12.4. The summed E-state index contributed by atoms with van der Waals surface area (Å²) in [7, 11) is -1.84. The zero-order valence-corrected chi connectivity index (χ0v) is 18.9. The third-order valence-corrected chi connectivity index (χ3v) is 6.58. The quantitative estimate of drug-likeness (QED) is 0.260. The number of hydrogen-bond acceptors (Lipinski definition) is 6. The Morgan fingerprint density at radius 3 is 2.62 bits per heavy atom. The Kier molecular flexibility index (Phi) is 6.41. The van der Waals surface area contributed by atoms with E-state index in [0.29, 0.717) is 29.2 Å². The Bertz CT molecular complexity index is 1300. The first-order chi connectivity index (χ1) is 15.5. The van der Waals surface area contributed by atoms with Crippen molar-refractivity contribution < 1.29 is 13.2 Å². The fourth-order valence-electron chi connectivity index (χ4n) is 3.62.